The van der Waals surface area contributed by atoms with Crippen molar-refractivity contribution in [2.75, 3.05) is 5.73 Å². The van der Waals surface area contributed by atoms with Crippen molar-refractivity contribution in [2.24, 2.45) is 0 Å². The number of nitrogen functional groups attached to an aromatic ring is 1. The highest BCUT2D eigenvalue weighted by molar-refractivity contribution is 7.99. The monoisotopic (exact) mass is 439 g/mol. The van der Waals surface area contributed by atoms with Gasteiger partial charge in [-0.2, -0.15) is 0 Å². The number of carbonyl (C=O) groups is 2. The van der Waals surface area contributed by atoms with Gasteiger partial charge in [0.15, 0.2) is 11.6 Å². The van der Waals surface area contributed by atoms with Crippen LogP contribution in [0.25, 0.3) is 0 Å². The molecule has 0 atom stereocenters. The Labute approximate surface area is 188 Å². The van der Waals surface area contributed by atoms with Gasteiger partial charge in [0.05, 0.1) is 0 Å². The number of hydrogen-bond donors (Lipinski definition) is 1. The van der Waals surface area contributed by atoms with E-state index in [2.05, 4.69) is 0 Å². The van der Waals surface area contributed by atoms with E-state index in [1.54, 1.807) is 12.1 Å². The molecular weight excluding hydrogens is 422 g/mol. The highest BCUT2D eigenvalue weighted by Gasteiger charge is 2.33. The fourth-order valence-electron chi connectivity index (χ4n) is 3.63. The number of ketones is 2. The number of hydrogen-bond acceptors (Lipinski definition) is 5. The summed E-state index contributed by atoms with van der Waals surface area (Å²) in [4.78, 5) is 30.6. The Morgan fingerprint density at radius 2 is 1.00 bits per heavy atom. The van der Waals surface area contributed by atoms with Gasteiger partial charge in [-0.25, -0.2) is 0 Å². The molecular formula is C26H17NO2S2. The van der Waals surface area contributed by atoms with Crippen molar-refractivity contribution < 1.29 is 9.59 Å². The first-order chi connectivity index (χ1) is 15.1. The molecule has 5 rings (SSSR count). The van der Waals surface area contributed by atoms with Gasteiger partial charge in [0, 0.05) is 47.5 Å². The van der Waals surface area contributed by atoms with E-state index in [9.17, 15) is 9.59 Å². The van der Waals surface area contributed by atoms with Crippen molar-refractivity contribution in [3.63, 3.8) is 0 Å². The van der Waals surface area contributed by atoms with E-state index in [4.69, 9.17) is 5.73 Å². The average molecular weight is 440 g/mol. The van der Waals surface area contributed by atoms with Gasteiger partial charge in [-0.1, -0.05) is 66.0 Å². The van der Waals surface area contributed by atoms with Crippen LogP contribution >= 0.6 is 23.5 Å². The average Bonchev–Trinajstić information content (AvgIpc) is 2.79. The van der Waals surface area contributed by atoms with E-state index in [0.29, 0.717) is 27.9 Å². The molecule has 0 spiro atoms. The summed E-state index contributed by atoms with van der Waals surface area (Å²) in [5.41, 5.74) is 8.35. The highest BCUT2D eigenvalue weighted by atomic mass is 32.2. The summed E-state index contributed by atoms with van der Waals surface area (Å²) in [5.74, 6) is -0.220. The van der Waals surface area contributed by atoms with Crippen LogP contribution in [-0.4, -0.2) is 11.6 Å². The van der Waals surface area contributed by atoms with Gasteiger partial charge in [0.25, 0.3) is 0 Å². The van der Waals surface area contributed by atoms with E-state index in [1.807, 2.05) is 78.9 Å². The van der Waals surface area contributed by atoms with Gasteiger partial charge in [-0.05, 0) is 48.5 Å². The van der Waals surface area contributed by atoms with E-state index in [0.717, 1.165) is 19.6 Å². The van der Waals surface area contributed by atoms with Gasteiger partial charge in [-0.15, -0.1) is 0 Å². The predicted octanol–water partition coefficient (Wildman–Crippen LogP) is 6.35. The lowest BCUT2D eigenvalue weighted by molar-refractivity contribution is 0.0974. The summed E-state index contributed by atoms with van der Waals surface area (Å²) < 4.78 is 0. The van der Waals surface area contributed by atoms with Crippen molar-refractivity contribution in [2.45, 2.75) is 19.6 Å². The second kappa shape index (κ2) is 8.10. The first kappa shape index (κ1) is 19.7. The minimum atomic E-state index is -0.112. The molecule has 0 fully saturated rings. The second-order valence-electron chi connectivity index (χ2n) is 7.10. The quantitative estimate of drug-likeness (QED) is 0.331. The van der Waals surface area contributed by atoms with Gasteiger partial charge in [-0.3, -0.25) is 9.59 Å². The van der Waals surface area contributed by atoms with Gasteiger partial charge in [0.1, 0.15) is 0 Å². The summed E-state index contributed by atoms with van der Waals surface area (Å²) in [6.45, 7) is 0. The molecule has 2 N–H and O–H groups in total. The first-order valence-electron chi connectivity index (χ1n) is 9.73. The van der Waals surface area contributed by atoms with Crippen LogP contribution in [0.5, 0.6) is 0 Å². The van der Waals surface area contributed by atoms with Gasteiger partial charge < -0.3 is 5.73 Å². The Kier molecular flexibility index (Phi) is 5.14. The topological polar surface area (TPSA) is 60.2 Å². The summed E-state index contributed by atoms with van der Waals surface area (Å²) in [7, 11) is 0. The molecule has 0 saturated carbocycles. The number of carbonyl (C=O) groups excluding carboxylic acids is 2. The second-order valence-corrected chi connectivity index (χ2v) is 9.33. The zero-order chi connectivity index (χ0) is 21.4. The molecule has 0 heterocycles. The van der Waals surface area contributed by atoms with Crippen LogP contribution in [0, 0.1) is 0 Å². The lowest BCUT2D eigenvalue weighted by Crippen LogP contribution is -2.22. The summed E-state index contributed by atoms with van der Waals surface area (Å²) in [5, 5.41) is 0. The lowest BCUT2D eigenvalue weighted by atomic mass is 9.84. The zero-order valence-electron chi connectivity index (χ0n) is 16.4. The molecule has 0 amide bonds. The molecule has 1 aliphatic rings. The highest BCUT2D eigenvalue weighted by Crippen LogP contribution is 2.41. The van der Waals surface area contributed by atoms with Crippen LogP contribution < -0.4 is 5.73 Å². The standard InChI is InChI=1S/C26H17NO2S2/c27-16-12-14-18(15-13-16)31-22-11-5-9-20-24(22)26(29)19-8-4-10-21(23(19)25(20)28)30-17-6-2-1-3-7-17/h1-15H,27H2. The van der Waals surface area contributed by atoms with Crippen molar-refractivity contribution in [3.05, 3.63) is 113 Å². The Morgan fingerprint density at radius 3 is 1.52 bits per heavy atom. The zero-order valence-corrected chi connectivity index (χ0v) is 18.0. The lowest BCUT2D eigenvalue weighted by Gasteiger charge is -2.22. The van der Waals surface area contributed by atoms with Gasteiger partial charge >= 0.3 is 0 Å². The molecule has 31 heavy (non-hydrogen) atoms. The molecule has 0 bridgehead atoms. The Hall–Kier alpha value is -3.28. The number of benzene rings is 4. The molecule has 150 valence electrons. The van der Waals surface area contributed by atoms with Crippen LogP contribution in [0.3, 0.4) is 0 Å². The largest absolute Gasteiger partial charge is 0.399 e. The molecule has 0 radical (unpaired) electrons. The smallest absolute Gasteiger partial charge is 0.195 e. The van der Waals surface area contributed by atoms with E-state index in [-0.39, 0.29) is 11.6 Å². The van der Waals surface area contributed by atoms with Crippen LogP contribution in [0.1, 0.15) is 31.8 Å². The van der Waals surface area contributed by atoms with E-state index >= 15 is 0 Å². The van der Waals surface area contributed by atoms with Crippen molar-refractivity contribution >= 4 is 40.8 Å². The fourth-order valence-corrected chi connectivity index (χ4v) is 5.60. The number of nitrogens with two attached hydrogens (primary N) is 1. The maximum atomic E-state index is 13.5. The Balaban J connectivity index is 1.58. The third-order valence-electron chi connectivity index (χ3n) is 5.07. The molecule has 5 heteroatoms. The Bertz CT molecular complexity index is 1320. The van der Waals surface area contributed by atoms with Crippen molar-refractivity contribution in [1.29, 1.82) is 0 Å². The molecule has 1 aliphatic carbocycles. The van der Waals surface area contributed by atoms with E-state index < -0.39 is 0 Å². The molecule has 4 aromatic rings. The molecule has 3 nitrogen and oxygen atoms in total. The molecule has 0 aromatic heterocycles. The Morgan fingerprint density at radius 1 is 0.516 bits per heavy atom. The maximum absolute atomic E-state index is 13.5. The molecule has 0 saturated heterocycles. The predicted molar refractivity (Wildman–Crippen MR) is 125 cm³/mol. The number of fused-ring (bicyclic) bond motifs is 2. The fraction of sp³-hybridized carbons (Fsp3) is 0. The van der Waals surface area contributed by atoms with Crippen LogP contribution in [0.4, 0.5) is 5.69 Å². The van der Waals surface area contributed by atoms with Gasteiger partial charge in [0.2, 0.25) is 0 Å². The number of rotatable bonds is 4. The summed E-state index contributed by atoms with van der Waals surface area (Å²) in [6, 6.07) is 28.3. The van der Waals surface area contributed by atoms with Crippen molar-refractivity contribution in [3.8, 4) is 0 Å². The SMILES string of the molecule is Nc1ccc(Sc2cccc3c2C(=O)c2cccc(Sc4ccccc4)c2C3=O)cc1. The van der Waals surface area contributed by atoms with Crippen LogP contribution in [0.2, 0.25) is 0 Å². The minimum Gasteiger partial charge on any atom is -0.399 e. The van der Waals surface area contributed by atoms with Crippen LogP contribution in [0.15, 0.2) is 111 Å². The van der Waals surface area contributed by atoms with Crippen LogP contribution in [-0.2, 0) is 0 Å². The maximum Gasteiger partial charge on any atom is 0.195 e. The third-order valence-corrected chi connectivity index (χ3v) is 7.21. The van der Waals surface area contributed by atoms with Crippen molar-refractivity contribution in [1.82, 2.24) is 0 Å². The first-order valence-corrected chi connectivity index (χ1v) is 11.4. The van der Waals surface area contributed by atoms with E-state index in [1.165, 1.54) is 23.5 Å². The number of anilines is 1. The minimum absolute atomic E-state index is 0.108. The third kappa shape index (κ3) is 3.67. The normalized spacial score (nSPS) is 12.4. The molecule has 0 unspecified atom stereocenters. The molecule has 0 aliphatic heterocycles. The molecule has 4 aromatic carbocycles. The summed E-state index contributed by atoms with van der Waals surface area (Å²) in [6.07, 6.45) is 0. The summed E-state index contributed by atoms with van der Waals surface area (Å²) >= 11 is 2.97.